The fourth-order valence-electron chi connectivity index (χ4n) is 5.42. The molecule has 1 heterocycles. The normalized spacial score (nSPS) is 20.6. The summed E-state index contributed by atoms with van der Waals surface area (Å²) in [6.45, 7) is 12.4. The van der Waals surface area contributed by atoms with Crippen LogP contribution >= 0.6 is 0 Å². The van der Waals surface area contributed by atoms with E-state index in [0.29, 0.717) is 12.1 Å². The van der Waals surface area contributed by atoms with Crippen LogP contribution in [0.15, 0.2) is 29.9 Å². The van der Waals surface area contributed by atoms with Gasteiger partial charge in [0.1, 0.15) is 11.5 Å². The molecule has 2 amide bonds. The molecule has 2 aliphatic rings. The number of benzene rings is 1. The van der Waals surface area contributed by atoms with Gasteiger partial charge in [-0.05, 0) is 69.9 Å². The lowest BCUT2D eigenvalue weighted by molar-refractivity contribution is 0.170. The lowest BCUT2D eigenvalue weighted by Gasteiger charge is -2.33. The van der Waals surface area contributed by atoms with Crippen molar-refractivity contribution < 1.29 is 15.0 Å². The molecule has 0 bridgehead atoms. The minimum absolute atomic E-state index is 0.00857. The summed E-state index contributed by atoms with van der Waals surface area (Å²) in [5.41, 5.74) is 4.62. The molecule has 0 radical (unpaired) electrons. The summed E-state index contributed by atoms with van der Waals surface area (Å²) in [5, 5.41) is 22.7. The standard InChI is InChI=1S/C28H42N2O3/c1-6-7-8-11-21-17-25(31)26(23-16-20(4)12-13-22(23)19(2)3)27(32)24(21)18-29(5)28(33)30-14-9-10-15-30/h16-17,22-23,31-32H,2,6-15,18H2,1,3-5H3. The van der Waals surface area contributed by atoms with Crippen LogP contribution in [0.25, 0.3) is 0 Å². The Hall–Kier alpha value is -2.43. The van der Waals surface area contributed by atoms with Gasteiger partial charge >= 0.3 is 6.03 Å². The maximum atomic E-state index is 13.0. The van der Waals surface area contributed by atoms with Crippen LogP contribution in [0.2, 0.25) is 0 Å². The van der Waals surface area contributed by atoms with Gasteiger partial charge in [-0.1, -0.05) is 43.6 Å². The second kappa shape index (κ2) is 11.1. The van der Waals surface area contributed by atoms with E-state index in [9.17, 15) is 15.0 Å². The molecule has 5 nitrogen and oxygen atoms in total. The number of hydrogen-bond donors (Lipinski definition) is 2. The number of rotatable bonds is 8. The van der Waals surface area contributed by atoms with Crippen LogP contribution in [0, 0.1) is 5.92 Å². The Labute approximate surface area is 199 Å². The van der Waals surface area contributed by atoms with Gasteiger partial charge in [0, 0.05) is 37.2 Å². The number of likely N-dealkylation sites (tertiary alicyclic amines) is 1. The third-order valence-electron chi connectivity index (χ3n) is 7.38. The predicted octanol–water partition coefficient (Wildman–Crippen LogP) is 6.49. The summed E-state index contributed by atoms with van der Waals surface area (Å²) in [4.78, 5) is 16.6. The molecule has 33 heavy (non-hydrogen) atoms. The van der Waals surface area contributed by atoms with Gasteiger partial charge < -0.3 is 20.0 Å². The molecule has 1 aliphatic heterocycles. The number of allylic oxidation sites excluding steroid dienone is 3. The number of aromatic hydroxyl groups is 2. The van der Waals surface area contributed by atoms with E-state index in [-0.39, 0.29) is 29.4 Å². The monoisotopic (exact) mass is 454 g/mol. The highest BCUT2D eigenvalue weighted by atomic mass is 16.3. The number of urea groups is 1. The van der Waals surface area contributed by atoms with Crippen molar-refractivity contribution in [2.24, 2.45) is 5.92 Å². The Morgan fingerprint density at radius 1 is 1.24 bits per heavy atom. The highest BCUT2D eigenvalue weighted by molar-refractivity contribution is 5.74. The number of carbonyl (C=O) groups is 1. The summed E-state index contributed by atoms with van der Waals surface area (Å²) in [6.07, 6.45) is 10.2. The first kappa shape index (κ1) is 25.2. The largest absolute Gasteiger partial charge is 0.507 e. The summed E-state index contributed by atoms with van der Waals surface area (Å²) in [5.74, 6) is 0.357. The molecule has 1 fully saturated rings. The maximum Gasteiger partial charge on any atom is 0.320 e. The van der Waals surface area contributed by atoms with Gasteiger partial charge in [0.25, 0.3) is 0 Å². The topological polar surface area (TPSA) is 64.0 Å². The van der Waals surface area contributed by atoms with Crippen molar-refractivity contribution in [3.63, 3.8) is 0 Å². The van der Waals surface area contributed by atoms with Gasteiger partial charge in [0.15, 0.2) is 0 Å². The summed E-state index contributed by atoms with van der Waals surface area (Å²) < 4.78 is 0. The molecule has 1 aromatic rings. The Morgan fingerprint density at radius 2 is 1.94 bits per heavy atom. The Morgan fingerprint density at radius 3 is 2.58 bits per heavy atom. The second-order valence-electron chi connectivity index (χ2n) is 10.1. The van der Waals surface area contributed by atoms with Crippen molar-refractivity contribution in [2.45, 2.75) is 84.6 Å². The summed E-state index contributed by atoms with van der Waals surface area (Å²) in [7, 11) is 1.81. The highest BCUT2D eigenvalue weighted by Gasteiger charge is 2.32. The zero-order valence-corrected chi connectivity index (χ0v) is 21.0. The van der Waals surface area contributed by atoms with Crippen molar-refractivity contribution >= 4 is 6.03 Å². The molecular formula is C28H42N2O3. The number of unbranched alkanes of at least 4 members (excludes halogenated alkanes) is 2. The lowest BCUT2D eigenvalue weighted by Crippen LogP contribution is -2.39. The van der Waals surface area contributed by atoms with Gasteiger partial charge in [-0.2, -0.15) is 0 Å². The van der Waals surface area contributed by atoms with Gasteiger partial charge in [-0.15, -0.1) is 0 Å². The smallest absolute Gasteiger partial charge is 0.320 e. The first-order chi connectivity index (χ1) is 15.7. The minimum atomic E-state index is -0.112. The number of amides is 2. The average molecular weight is 455 g/mol. The van der Waals surface area contributed by atoms with Gasteiger partial charge in [-0.25, -0.2) is 4.79 Å². The van der Waals surface area contributed by atoms with Crippen LogP contribution in [0.3, 0.4) is 0 Å². The lowest BCUT2D eigenvalue weighted by atomic mass is 9.73. The summed E-state index contributed by atoms with van der Waals surface area (Å²) >= 11 is 0. The molecular weight excluding hydrogens is 412 g/mol. The Bertz CT molecular complexity index is 899. The van der Waals surface area contributed by atoms with Crippen molar-refractivity contribution in [2.75, 3.05) is 20.1 Å². The molecule has 182 valence electrons. The van der Waals surface area contributed by atoms with Crippen molar-refractivity contribution in [1.82, 2.24) is 9.80 Å². The van der Waals surface area contributed by atoms with E-state index in [2.05, 4.69) is 26.5 Å². The first-order valence-electron chi connectivity index (χ1n) is 12.6. The molecule has 1 aliphatic carbocycles. The molecule has 1 saturated heterocycles. The Balaban J connectivity index is 2.02. The van der Waals surface area contributed by atoms with E-state index in [1.165, 1.54) is 5.57 Å². The quantitative estimate of drug-likeness (QED) is 0.348. The fraction of sp³-hybridized carbons (Fsp3) is 0.607. The molecule has 1 aromatic carbocycles. The fourth-order valence-corrected chi connectivity index (χ4v) is 5.42. The minimum Gasteiger partial charge on any atom is -0.507 e. The predicted molar refractivity (Wildman–Crippen MR) is 135 cm³/mol. The highest BCUT2D eigenvalue weighted by Crippen LogP contribution is 2.48. The summed E-state index contributed by atoms with van der Waals surface area (Å²) in [6, 6.07) is 1.84. The van der Waals surface area contributed by atoms with Gasteiger partial charge in [0.2, 0.25) is 0 Å². The van der Waals surface area contributed by atoms with E-state index < -0.39 is 0 Å². The molecule has 0 saturated carbocycles. The molecule has 5 heteroatoms. The third kappa shape index (κ3) is 5.74. The van der Waals surface area contributed by atoms with Crippen molar-refractivity contribution in [1.29, 1.82) is 0 Å². The van der Waals surface area contributed by atoms with Crippen molar-refractivity contribution in [3.8, 4) is 11.5 Å². The van der Waals surface area contributed by atoms with Crippen LogP contribution in [0.4, 0.5) is 4.79 Å². The van der Waals surface area contributed by atoms with Crippen LogP contribution in [-0.4, -0.2) is 46.2 Å². The molecule has 3 rings (SSSR count). The zero-order chi connectivity index (χ0) is 24.1. The zero-order valence-electron chi connectivity index (χ0n) is 21.0. The van der Waals surface area contributed by atoms with E-state index in [1.807, 2.05) is 24.9 Å². The van der Waals surface area contributed by atoms with Gasteiger partial charge in [-0.3, -0.25) is 0 Å². The maximum absolute atomic E-state index is 13.0. The molecule has 2 atom stereocenters. The van der Waals surface area contributed by atoms with E-state index in [0.717, 1.165) is 81.2 Å². The molecule has 2 unspecified atom stereocenters. The van der Waals surface area contributed by atoms with Gasteiger partial charge in [0.05, 0.1) is 6.54 Å². The SMILES string of the molecule is C=C(C)C1CCC(C)=CC1c1c(O)cc(CCCCC)c(CN(C)C(=O)N2CCCC2)c1O. The molecule has 0 aromatic heterocycles. The van der Waals surface area contributed by atoms with Crippen LogP contribution in [0.5, 0.6) is 11.5 Å². The number of nitrogens with zero attached hydrogens (tertiary/aromatic N) is 2. The molecule has 0 spiro atoms. The van der Waals surface area contributed by atoms with E-state index in [4.69, 9.17) is 0 Å². The van der Waals surface area contributed by atoms with Crippen LogP contribution in [-0.2, 0) is 13.0 Å². The average Bonchev–Trinajstić information content (AvgIpc) is 3.30. The van der Waals surface area contributed by atoms with E-state index >= 15 is 0 Å². The van der Waals surface area contributed by atoms with Crippen molar-refractivity contribution in [3.05, 3.63) is 46.6 Å². The molecule has 2 N–H and O–H groups in total. The first-order valence-corrected chi connectivity index (χ1v) is 12.6. The number of phenols is 2. The second-order valence-corrected chi connectivity index (χ2v) is 10.1. The number of aryl methyl sites for hydroxylation is 1. The Kier molecular flexibility index (Phi) is 8.50. The number of hydrogen-bond acceptors (Lipinski definition) is 3. The van der Waals surface area contributed by atoms with E-state index in [1.54, 1.807) is 4.90 Å². The number of phenolic OH excluding ortho intramolecular Hbond substituents is 2. The van der Waals surface area contributed by atoms with Crippen LogP contribution in [0.1, 0.15) is 88.3 Å². The van der Waals surface area contributed by atoms with Crippen LogP contribution < -0.4 is 0 Å². The third-order valence-corrected chi connectivity index (χ3v) is 7.38. The number of carbonyl (C=O) groups excluding carboxylic acids is 1.